The molecule has 5 nitrogen and oxygen atoms in total. The number of aryl methyl sites for hydroxylation is 1. The molecular formula is C15H15N3O2. The van der Waals surface area contributed by atoms with Crippen LogP contribution in [-0.4, -0.2) is 27.6 Å². The van der Waals surface area contributed by atoms with E-state index in [9.17, 15) is 4.79 Å². The van der Waals surface area contributed by atoms with E-state index in [0.29, 0.717) is 11.6 Å². The fourth-order valence-corrected chi connectivity index (χ4v) is 2.48. The van der Waals surface area contributed by atoms with Gasteiger partial charge in [-0.3, -0.25) is 0 Å². The number of aromatic nitrogens is 2. The van der Waals surface area contributed by atoms with Gasteiger partial charge in [-0.05, 0) is 24.5 Å². The Hall–Kier alpha value is -2.43. The van der Waals surface area contributed by atoms with E-state index in [-0.39, 0.29) is 5.56 Å². The van der Waals surface area contributed by atoms with Gasteiger partial charge >= 0.3 is 5.97 Å². The SMILES string of the molecule is Cc1nc(N2CCc3ccccc3C2)ncc1C(=O)O. The first kappa shape index (κ1) is 12.6. The Bertz CT molecular complexity index is 670. The molecule has 2 heterocycles. The summed E-state index contributed by atoms with van der Waals surface area (Å²) in [6.45, 7) is 3.32. The summed E-state index contributed by atoms with van der Waals surface area (Å²) in [4.78, 5) is 21.6. The summed E-state index contributed by atoms with van der Waals surface area (Å²) >= 11 is 0. The van der Waals surface area contributed by atoms with Crippen molar-refractivity contribution in [2.75, 3.05) is 11.4 Å². The molecule has 2 aromatic rings. The van der Waals surface area contributed by atoms with E-state index in [0.717, 1.165) is 19.5 Å². The van der Waals surface area contributed by atoms with Gasteiger partial charge in [-0.15, -0.1) is 0 Å². The summed E-state index contributed by atoms with van der Waals surface area (Å²) in [6.07, 6.45) is 2.35. The Morgan fingerprint density at radius 1 is 1.30 bits per heavy atom. The van der Waals surface area contributed by atoms with Crippen molar-refractivity contribution in [3.63, 3.8) is 0 Å². The second kappa shape index (κ2) is 4.92. The topological polar surface area (TPSA) is 66.3 Å². The van der Waals surface area contributed by atoms with Crippen LogP contribution in [-0.2, 0) is 13.0 Å². The van der Waals surface area contributed by atoms with Crippen molar-refractivity contribution in [1.29, 1.82) is 0 Å². The molecular weight excluding hydrogens is 254 g/mol. The first-order chi connectivity index (χ1) is 9.65. The number of carboxylic acid groups (broad SMARTS) is 1. The standard InChI is InChI=1S/C15H15N3O2/c1-10-13(14(19)20)8-16-15(17-10)18-7-6-11-4-2-3-5-12(11)9-18/h2-5,8H,6-7,9H2,1H3,(H,19,20). The molecule has 0 bridgehead atoms. The molecule has 1 aliphatic rings. The molecule has 1 N–H and O–H groups in total. The van der Waals surface area contributed by atoms with E-state index in [1.54, 1.807) is 6.92 Å². The van der Waals surface area contributed by atoms with Gasteiger partial charge in [-0.1, -0.05) is 24.3 Å². The van der Waals surface area contributed by atoms with Gasteiger partial charge in [-0.25, -0.2) is 14.8 Å². The van der Waals surface area contributed by atoms with Crippen molar-refractivity contribution in [1.82, 2.24) is 9.97 Å². The molecule has 0 spiro atoms. The summed E-state index contributed by atoms with van der Waals surface area (Å²) in [6, 6.07) is 8.34. The van der Waals surface area contributed by atoms with E-state index >= 15 is 0 Å². The van der Waals surface area contributed by atoms with Crippen molar-refractivity contribution in [2.24, 2.45) is 0 Å². The molecule has 0 radical (unpaired) electrons. The maximum absolute atomic E-state index is 11.0. The molecule has 0 unspecified atom stereocenters. The third-order valence-corrected chi connectivity index (χ3v) is 3.61. The van der Waals surface area contributed by atoms with E-state index < -0.39 is 5.97 Å². The number of benzene rings is 1. The summed E-state index contributed by atoms with van der Waals surface area (Å²) in [5, 5.41) is 9.00. The monoisotopic (exact) mass is 269 g/mol. The van der Waals surface area contributed by atoms with Crippen molar-refractivity contribution in [2.45, 2.75) is 19.9 Å². The van der Waals surface area contributed by atoms with Crippen molar-refractivity contribution in [3.05, 3.63) is 52.8 Å². The van der Waals surface area contributed by atoms with Crippen LogP contribution in [0, 0.1) is 6.92 Å². The van der Waals surface area contributed by atoms with Crippen LogP contribution in [0.15, 0.2) is 30.5 Å². The number of fused-ring (bicyclic) bond motifs is 1. The lowest BCUT2D eigenvalue weighted by Crippen LogP contribution is -2.32. The highest BCUT2D eigenvalue weighted by Crippen LogP contribution is 2.22. The average Bonchev–Trinajstić information content (AvgIpc) is 2.46. The van der Waals surface area contributed by atoms with Gasteiger partial charge in [0.15, 0.2) is 0 Å². The highest BCUT2D eigenvalue weighted by atomic mass is 16.4. The van der Waals surface area contributed by atoms with Crippen molar-refractivity contribution < 1.29 is 9.90 Å². The quantitative estimate of drug-likeness (QED) is 0.903. The van der Waals surface area contributed by atoms with Gasteiger partial charge in [-0.2, -0.15) is 0 Å². The molecule has 3 rings (SSSR count). The number of carboxylic acids is 1. The normalized spacial score (nSPS) is 13.9. The first-order valence-corrected chi connectivity index (χ1v) is 6.54. The minimum Gasteiger partial charge on any atom is -0.478 e. The highest BCUT2D eigenvalue weighted by Gasteiger charge is 2.19. The Morgan fingerprint density at radius 2 is 2.05 bits per heavy atom. The first-order valence-electron chi connectivity index (χ1n) is 6.54. The lowest BCUT2D eigenvalue weighted by molar-refractivity contribution is 0.0695. The largest absolute Gasteiger partial charge is 0.478 e. The smallest absolute Gasteiger partial charge is 0.339 e. The number of rotatable bonds is 2. The number of hydrogen-bond acceptors (Lipinski definition) is 4. The van der Waals surface area contributed by atoms with Crippen LogP contribution in [0.1, 0.15) is 27.2 Å². The zero-order chi connectivity index (χ0) is 14.1. The zero-order valence-corrected chi connectivity index (χ0v) is 11.2. The van der Waals surface area contributed by atoms with Crippen LogP contribution in [0.3, 0.4) is 0 Å². The molecule has 1 aromatic carbocycles. The number of nitrogens with zero attached hydrogens (tertiary/aromatic N) is 3. The highest BCUT2D eigenvalue weighted by molar-refractivity contribution is 5.88. The van der Waals surface area contributed by atoms with Crippen LogP contribution in [0.25, 0.3) is 0 Å². The van der Waals surface area contributed by atoms with Gasteiger partial charge in [0, 0.05) is 19.3 Å². The number of carbonyl (C=O) groups is 1. The maximum Gasteiger partial charge on any atom is 0.339 e. The van der Waals surface area contributed by atoms with Crippen LogP contribution in [0.4, 0.5) is 5.95 Å². The molecule has 102 valence electrons. The van der Waals surface area contributed by atoms with Crippen LogP contribution in [0.5, 0.6) is 0 Å². The fourth-order valence-electron chi connectivity index (χ4n) is 2.48. The minimum absolute atomic E-state index is 0.158. The second-order valence-corrected chi connectivity index (χ2v) is 4.91. The van der Waals surface area contributed by atoms with Gasteiger partial charge in [0.1, 0.15) is 0 Å². The summed E-state index contributed by atoms with van der Waals surface area (Å²) in [5.74, 6) is -0.389. The molecule has 0 aliphatic carbocycles. The average molecular weight is 269 g/mol. The van der Waals surface area contributed by atoms with E-state index in [2.05, 4.69) is 33.1 Å². The second-order valence-electron chi connectivity index (χ2n) is 4.91. The number of aromatic carboxylic acids is 1. The van der Waals surface area contributed by atoms with Crippen molar-refractivity contribution >= 4 is 11.9 Å². The summed E-state index contributed by atoms with van der Waals surface area (Å²) in [5.41, 5.74) is 3.30. The van der Waals surface area contributed by atoms with E-state index in [1.807, 2.05) is 6.07 Å². The molecule has 1 aliphatic heterocycles. The van der Waals surface area contributed by atoms with Gasteiger partial charge in [0.2, 0.25) is 5.95 Å². The predicted molar refractivity (Wildman–Crippen MR) is 74.9 cm³/mol. The zero-order valence-electron chi connectivity index (χ0n) is 11.2. The van der Waals surface area contributed by atoms with Gasteiger partial charge < -0.3 is 10.0 Å². The van der Waals surface area contributed by atoms with Crippen LogP contribution < -0.4 is 4.90 Å². The lowest BCUT2D eigenvalue weighted by Gasteiger charge is -2.29. The van der Waals surface area contributed by atoms with Gasteiger partial charge in [0.25, 0.3) is 0 Å². The third kappa shape index (κ3) is 2.22. The molecule has 0 amide bonds. The van der Waals surface area contributed by atoms with Crippen LogP contribution in [0.2, 0.25) is 0 Å². The molecule has 5 heteroatoms. The minimum atomic E-state index is -0.988. The molecule has 1 aromatic heterocycles. The van der Waals surface area contributed by atoms with E-state index in [1.165, 1.54) is 17.3 Å². The van der Waals surface area contributed by atoms with Gasteiger partial charge in [0.05, 0.1) is 11.3 Å². The third-order valence-electron chi connectivity index (χ3n) is 3.61. The lowest BCUT2D eigenvalue weighted by atomic mass is 10.0. The molecule has 20 heavy (non-hydrogen) atoms. The Kier molecular flexibility index (Phi) is 3.10. The molecule has 0 fully saturated rings. The molecule has 0 saturated carbocycles. The van der Waals surface area contributed by atoms with Crippen molar-refractivity contribution in [3.8, 4) is 0 Å². The summed E-state index contributed by atoms with van der Waals surface area (Å²) in [7, 11) is 0. The number of anilines is 1. The maximum atomic E-state index is 11.0. The Morgan fingerprint density at radius 3 is 2.75 bits per heavy atom. The number of hydrogen-bond donors (Lipinski definition) is 1. The van der Waals surface area contributed by atoms with E-state index in [4.69, 9.17) is 5.11 Å². The Labute approximate surface area is 116 Å². The molecule has 0 atom stereocenters. The van der Waals surface area contributed by atoms with Crippen LogP contribution >= 0.6 is 0 Å². The fraction of sp³-hybridized carbons (Fsp3) is 0.267. The Balaban J connectivity index is 1.88. The summed E-state index contributed by atoms with van der Waals surface area (Å²) < 4.78 is 0. The molecule has 0 saturated heterocycles. The predicted octanol–water partition coefficient (Wildman–Crippen LogP) is 2.05.